The summed E-state index contributed by atoms with van der Waals surface area (Å²) in [5.41, 5.74) is 0.0455. The summed E-state index contributed by atoms with van der Waals surface area (Å²) >= 11 is 0. The zero-order valence-corrected chi connectivity index (χ0v) is 12.5. The lowest BCUT2D eigenvalue weighted by Gasteiger charge is -2.44. The fourth-order valence-electron chi connectivity index (χ4n) is 4.05. The molecular weight excluding hydrogens is 254 g/mol. The molecule has 3 atom stereocenters. The SMILES string of the molecule is OC1CCCCCC1NC1CCOC2(CCOCC2)C1. The number of rotatable bonds is 2. The number of aliphatic hydroxyl groups excluding tert-OH is 1. The second-order valence-corrected chi connectivity index (χ2v) is 6.81. The van der Waals surface area contributed by atoms with Gasteiger partial charge in [0.15, 0.2) is 0 Å². The smallest absolute Gasteiger partial charge is 0.0741 e. The summed E-state index contributed by atoms with van der Waals surface area (Å²) in [6.45, 7) is 2.51. The zero-order valence-electron chi connectivity index (χ0n) is 12.5. The van der Waals surface area contributed by atoms with Gasteiger partial charge < -0.3 is 19.9 Å². The third-order valence-corrected chi connectivity index (χ3v) is 5.33. The van der Waals surface area contributed by atoms with Crippen molar-refractivity contribution in [3.8, 4) is 0 Å². The Hall–Kier alpha value is -0.160. The van der Waals surface area contributed by atoms with E-state index in [4.69, 9.17) is 9.47 Å². The van der Waals surface area contributed by atoms with Crippen molar-refractivity contribution >= 4 is 0 Å². The van der Waals surface area contributed by atoms with Crippen molar-refractivity contribution in [2.75, 3.05) is 19.8 Å². The number of hydrogen-bond donors (Lipinski definition) is 2. The summed E-state index contributed by atoms with van der Waals surface area (Å²) in [6.07, 6.45) is 9.82. The Morgan fingerprint density at radius 1 is 0.950 bits per heavy atom. The van der Waals surface area contributed by atoms with Crippen molar-refractivity contribution in [2.24, 2.45) is 0 Å². The first-order valence-electron chi connectivity index (χ1n) is 8.43. The lowest BCUT2D eigenvalue weighted by Crippen LogP contribution is -2.53. The lowest BCUT2D eigenvalue weighted by molar-refractivity contribution is -0.141. The Balaban J connectivity index is 1.56. The van der Waals surface area contributed by atoms with Crippen molar-refractivity contribution in [1.82, 2.24) is 5.32 Å². The highest BCUT2D eigenvalue weighted by molar-refractivity contribution is 4.93. The van der Waals surface area contributed by atoms with Gasteiger partial charge in [0.25, 0.3) is 0 Å². The molecule has 2 saturated heterocycles. The Morgan fingerprint density at radius 3 is 2.60 bits per heavy atom. The third-order valence-electron chi connectivity index (χ3n) is 5.33. The largest absolute Gasteiger partial charge is 0.392 e. The van der Waals surface area contributed by atoms with Gasteiger partial charge in [0, 0.05) is 31.9 Å². The number of nitrogens with one attached hydrogen (secondary N) is 1. The maximum Gasteiger partial charge on any atom is 0.0741 e. The normalized spacial score (nSPS) is 38.5. The van der Waals surface area contributed by atoms with E-state index in [-0.39, 0.29) is 17.7 Å². The van der Waals surface area contributed by atoms with Gasteiger partial charge in [-0.1, -0.05) is 19.3 Å². The predicted octanol–water partition coefficient (Wildman–Crippen LogP) is 2.00. The minimum absolute atomic E-state index is 0.0455. The van der Waals surface area contributed by atoms with Crippen LogP contribution >= 0.6 is 0 Å². The Labute approximate surface area is 122 Å². The molecule has 1 saturated carbocycles. The van der Waals surface area contributed by atoms with Gasteiger partial charge in [-0.2, -0.15) is 0 Å². The lowest BCUT2D eigenvalue weighted by atomic mass is 9.83. The summed E-state index contributed by atoms with van der Waals surface area (Å²) < 4.78 is 11.6. The molecule has 0 amide bonds. The van der Waals surface area contributed by atoms with Gasteiger partial charge in [0.2, 0.25) is 0 Å². The van der Waals surface area contributed by atoms with Gasteiger partial charge in [0.05, 0.1) is 11.7 Å². The molecular formula is C16H29NO3. The van der Waals surface area contributed by atoms with Crippen LogP contribution in [0.5, 0.6) is 0 Å². The van der Waals surface area contributed by atoms with Crippen LogP contribution in [0.4, 0.5) is 0 Å². The zero-order chi connectivity index (χ0) is 13.8. The molecule has 116 valence electrons. The molecule has 0 aromatic rings. The van der Waals surface area contributed by atoms with E-state index in [9.17, 15) is 5.11 Å². The van der Waals surface area contributed by atoms with Crippen LogP contribution in [0.25, 0.3) is 0 Å². The van der Waals surface area contributed by atoms with Crippen LogP contribution in [0.3, 0.4) is 0 Å². The van der Waals surface area contributed by atoms with E-state index in [2.05, 4.69) is 5.32 Å². The summed E-state index contributed by atoms with van der Waals surface area (Å²) in [4.78, 5) is 0. The van der Waals surface area contributed by atoms with Crippen LogP contribution in [0.1, 0.15) is 57.8 Å². The van der Waals surface area contributed by atoms with Gasteiger partial charge in [-0.05, 0) is 38.5 Å². The molecule has 3 unspecified atom stereocenters. The van der Waals surface area contributed by atoms with Crippen molar-refractivity contribution < 1.29 is 14.6 Å². The van der Waals surface area contributed by atoms with Gasteiger partial charge >= 0.3 is 0 Å². The van der Waals surface area contributed by atoms with E-state index in [1.165, 1.54) is 19.3 Å². The Bertz CT molecular complexity index is 299. The molecule has 0 radical (unpaired) electrons. The van der Waals surface area contributed by atoms with E-state index in [1.54, 1.807) is 0 Å². The van der Waals surface area contributed by atoms with Crippen molar-refractivity contribution in [1.29, 1.82) is 0 Å². The van der Waals surface area contributed by atoms with Crippen LogP contribution in [0.15, 0.2) is 0 Å². The molecule has 3 fully saturated rings. The van der Waals surface area contributed by atoms with Crippen LogP contribution in [-0.2, 0) is 9.47 Å². The van der Waals surface area contributed by atoms with Crippen molar-refractivity contribution in [3.05, 3.63) is 0 Å². The molecule has 4 heteroatoms. The average molecular weight is 283 g/mol. The summed E-state index contributed by atoms with van der Waals surface area (Å²) in [5.74, 6) is 0. The quantitative estimate of drug-likeness (QED) is 0.761. The van der Waals surface area contributed by atoms with E-state index in [1.807, 2.05) is 0 Å². The van der Waals surface area contributed by atoms with Crippen LogP contribution < -0.4 is 5.32 Å². The molecule has 0 bridgehead atoms. The molecule has 3 aliphatic rings. The maximum atomic E-state index is 10.3. The fourth-order valence-corrected chi connectivity index (χ4v) is 4.05. The summed E-state index contributed by atoms with van der Waals surface area (Å²) in [7, 11) is 0. The number of aliphatic hydroxyl groups is 1. The number of ether oxygens (including phenoxy) is 2. The molecule has 0 aromatic carbocycles. The van der Waals surface area contributed by atoms with Crippen molar-refractivity contribution in [3.63, 3.8) is 0 Å². The predicted molar refractivity (Wildman–Crippen MR) is 77.8 cm³/mol. The van der Waals surface area contributed by atoms with Crippen LogP contribution in [0.2, 0.25) is 0 Å². The minimum atomic E-state index is -0.161. The minimum Gasteiger partial charge on any atom is -0.392 e. The molecule has 3 rings (SSSR count). The van der Waals surface area contributed by atoms with Crippen molar-refractivity contribution in [2.45, 2.75) is 81.6 Å². The van der Waals surface area contributed by atoms with Crippen LogP contribution in [0, 0.1) is 0 Å². The monoisotopic (exact) mass is 283 g/mol. The average Bonchev–Trinajstić information content (AvgIpc) is 2.65. The van der Waals surface area contributed by atoms with E-state index in [0.29, 0.717) is 6.04 Å². The molecule has 4 nitrogen and oxygen atoms in total. The first-order chi connectivity index (χ1) is 9.77. The van der Waals surface area contributed by atoms with Crippen LogP contribution in [-0.4, -0.2) is 48.7 Å². The fraction of sp³-hybridized carbons (Fsp3) is 1.00. The molecule has 1 spiro atoms. The topological polar surface area (TPSA) is 50.7 Å². The second-order valence-electron chi connectivity index (χ2n) is 6.81. The standard InChI is InChI=1S/C16H29NO3/c18-15-5-3-1-2-4-14(15)17-13-6-9-20-16(12-13)7-10-19-11-8-16/h13-15,17-18H,1-12H2. The Morgan fingerprint density at radius 2 is 1.75 bits per heavy atom. The van der Waals surface area contributed by atoms with Gasteiger partial charge in [-0.3, -0.25) is 0 Å². The van der Waals surface area contributed by atoms with Gasteiger partial charge in [0.1, 0.15) is 0 Å². The molecule has 1 aliphatic carbocycles. The maximum absolute atomic E-state index is 10.3. The molecule has 20 heavy (non-hydrogen) atoms. The third kappa shape index (κ3) is 3.53. The Kier molecular flexibility index (Phi) is 4.97. The molecule has 2 N–H and O–H groups in total. The van der Waals surface area contributed by atoms with E-state index < -0.39 is 0 Å². The first kappa shape index (κ1) is 14.8. The van der Waals surface area contributed by atoms with Gasteiger partial charge in [-0.15, -0.1) is 0 Å². The highest BCUT2D eigenvalue weighted by Crippen LogP contribution is 2.34. The molecule has 0 aromatic heterocycles. The van der Waals surface area contributed by atoms with E-state index >= 15 is 0 Å². The van der Waals surface area contributed by atoms with E-state index in [0.717, 1.165) is 58.3 Å². The molecule has 2 heterocycles. The highest BCUT2D eigenvalue weighted by atomic mass is 16.5. The second kappa shape index (κ2) is 6.73. The molecule has 2 aliphatic heterocycles. The summed E-state index contributed by atoms with van der Waals surface area (Å²) in [6, 6.07) is 0.789. The first-order valence-corrected chi connectivity index (χ1v) is 8.43. The number of hydrogen-bond acceptors (Lipinski definition) is 4. The summed E-state index contributed by atoms with van der Waals surface area (Å²) in [5, 5.41) is 14.0. The van der Waals surface area contributed by atoms with Gasteiger partial charge in [-0.25, -0.2) is 0 Å². The highest BCUT2D eigenvalue weighted by Gasteiger charge is 2.39.